The SMILES string of the molecule is O=C(O)c1cccc(I)c1OF.OB(O)O.[LiH]. The molecule has 0 aromatic heterocycles. The molecule has 90 valence electrons. The summed E-state index contributed by atoms with van der Waals surface area (Å²) in [5.41, 5.74) is -0.176. The zero-order valence-corrected chi connectivity index (χ0v) is 9.83. The quantitative estimate of drug-likeness (QED) is 0.425. The van der Waals surface area contributed by atoms with Crippen molar-refractivity contribution in [3.8, 4) is 5.75 Å². The van der Waals surface area contributed by atoms with Crippen LogP contribution < -0.4 is 4.94 Å². The van der Waals surface area contributed by atoms with Crippen LogP contribution in [0, 0.1) is 3.57 Å². The molecule has 0 spiro atoms. The predicted octanol–water partition coefficient (Wildman–Crippen LogP) is -0.448. The summed E-state index contributed by atoms with van der Waals surface area (Å²) in [7, 11) is -2.17. The molecule has 17 heavy (non-hydrogen) atoms. The van der Waals surface area contributed by atoms with E-state index in [2.05, 4.69) is 4.94 Å². The van der Waals surface area contributed by atoms with Gasteiger partial charge in [-0.3, -0.25) is 4.94 Å². The average molecular weight is 352 g/mol. The first-order chi connectivity index (χ1) is 7.40. The van der Waals surface area contributed by atoms with Crippen LogP contribution in [0.15, 0.2) is 18.2 Å². The first-order valence-corrected chi connectivity index (χ1v) is 4.82. The van der Waals surface area contributed by atoms with Crippen molar-refractivity contribution in [2.24, 2.45) is 0 Å². The van der Waals surface area contributed by atoms with Crippen molar-refractivity contribution < 1.29 is 34.4 Å². The molecule has 0 fully saturated rings. The molecule has 0 bridgehead atoms. The Hall–Kier alpha value is -0.308. The van der Waals surface area contributed by atoms with Crippen molar-refractivity contribution in [1.82, 2.24) is 0 Å². The number of aromatic carboxylic acids is 1. The molecule has 0 saturated heterocycles. The molecule has 6 nitrogen and oxygen atoms in total. The molecule has 0 unspecified atom stereocenters. The van der Waals surface area contributed by atoms with Gasteiger partial charge in [-0.05, 0) is 34.7 Å². The Morgan fingerprint density at radius 1 is 1.35 bits per heavy atom. The van der Waals surface area contributed by atoms with E-state index in [-0.39, 0.29) is 30.2 Å². The fourth-order valence-electron chi connectivity index (χ4n) is 0.756. The maximum atomic E-state index is 11.8. The first kappa shape index (κ1) is 19.0. The van der Waals surface area contributed by atoms with Gasteiger partial charge in [-0.2, -0.15) is 0 Å². The van der Waals surface area contributed by atoms with E-state index in [1.165, 1.54) is 12.1 Å². The van der Waals surface area contributed by atoms with Gasteiger partial charge in [0.1, 0.15) is 5.56 Å². The normalized spacial score (nSPS) is 8.29. The van der Waals surface area contributed by atoms with Gasteiger partial charge in [-0.25, -0.2) is 4.79 Å². The van der Waals surface area contributed by atoms with Crippen molar-refractivity contribution >= 4 is 54.7 Å². The molecule has 4 N–H and O–H groups in total. The topological polar surface area (TPSA) is 107 Å². The van der Waals surface area contributed by atoms with Crippen LogP contribution in [-0.2, 0) is 0 Å². The fraction of sp³-hybridized carbons (Fsp3) is 0. The zero-order valence-electron chi connectivity index (χ0n) is 7.67. The number of carboxylic acids is 1. The van der Waals surface area contributed by atoms with E-state index in [0.717, 1.165) is 0 Å². The van der Waals surface area contributed by atoms with Crippen LogP contribution in [0.2, 0.25) is 0 Å². The van der Waals surface area contributed by atoms with Gasteiger partial charge >= 0.3 is 32.2 Å². The second-order valence-electron chi connectivity index (χ2n) is 2.35. The van der Waals surface area contributed by atoms with E-state index >= 15 is 0 Å². The number of para-hydroxylation sites is 1. The summed E-state index contributed by atoms with van der Waals surface area (Å²) in [5.74, 6) is -1.45. The van der Waals surface area contributed by atoms with E-state index in [0.29, 0.717) is 3.57 Å². The Kier molecular flexibility index (Phi) is 10.9. The number of carbonyl (C=O) groups is 1. The van der Waals surface area contributed by atoms with Gasteiger partial charge in [0.05, 0.1) is 3.57 Å². The number of rotatable bonds is 2. The first-order valence-electron chi connectivity index (χ1n) is 3.74. The number of benzene rings is 1. The summed E-state index contributed by atoms with van der Waals surface area (Å²) in [6.07, 6.45) is 0. The van der Waals surface area contributed by atoms with Crippen molar-refractivity contribution in [1.29, 1.82) is 0 Å². The molecule has 0 radical (unpaired) electrons. The molecular weight excluding hydrogens is 344 g/mol. The van der Waals surface area contributed by atoms with Crippen molar-refractivity contribution in [3.63, 3.8) is 0 Å². The number of halogens is 2. The standard InChI is InChI=1S/C7H4FIO3.BH3O3.Li.H/c8-12-6-4(7(10)11)2-1-3-5(6)9;2-1(3)4;;/h1-3H,(H,10,11);2-4H;;. The minimum absolute atomic E-state index is 0. The van der Waals surface area contributed by atoms with Crippen LogP contribution in [0.4, 0.5) is 4.53 Å². The van der Waals surface area contributed by atoms with Crippen LogP contribution in [-0.4, -0.2) is 52.3 Å². The average Bonchev–Trinajstić information content (AvgIpc) is 2.16. The number of carboxylic acid groups (broad SMARTS) is 1. The Bertz CT molecular complexity index is 363. The van der Waals surface area contributed by atoms with Gasteiger partial charge < -0.3 is 20.2 Å². The zero-order chi connectivity index (χ0) is 12.7. The summed E-state index contributed by atoms with van der Waals surface area (Å²) < 4.78 is 12.3. The summed E-state index contributed by atoms with van der Waals surface area (Å²) in [5, 5.41) is 30.1. The van der Waals surface area contributed by atoms with Crippen LogP contribution >= 0.6 is 22.6 Å². The molecule has 10 heteroatoms. The summed E-state index contributed by atoms with van der Waals surface area (Å²) in [6, 6.07) is 4.36. The molecule has 0 amide bonds. The molecule has 0 atom stereocenters. The summed E-state index contributed by atoms with van der Waals surface area (Å²) in [4.78, 5) is 13.9. The Balaban J connectivity index is 0. The number of hydrogen-bond acceptors (Lipinski definition) is 5. The summed E-state index contributed by atoms with van der Waals surface area (Å²) in [6.45, 7) is 0. The Labute approximate surface area is 122 Å². The van der Waals surface area contributed by atoms with Gasteiger partial charge in [0.15, 0.2) is 5.75 Å². The summed E-state index contributed by atoms with van der Waals surface area (Å²) >= 11 is 1.79. The Morgan fingerprint density at radius 2 is 1.82 bits per heavy atom. The maximum absolute atomic E-state index is 11.8. The van der Waals surface area contributed by atoms with Gasteiger partial charge in [0.25, 0.3) is 0 Å². The molecule has 0 aliphatic heterocycles. The molecule has 0 heterocycles. The molecular formula is C7H8BFILiO6. The van der Waals surface area contributed by atoms with Gasteiger partial charge in [0, 0.05) is 4.53 Å². The fourth-order valence-corrected chi connectivity index (χ4v) is 1.34. The molecule has 1 aromatic carbocycles. The third kappa shape index (κ3) is 7.59. The third-order valence-corrected chi connectivity index (χ3v) is 2.12. The van der Waals surface area contributed by atoms with Gasteiger partial charge in [0.2, 0.25) is 0 Å². The van der Waals surface area contributed by atoms with E-state index in [1.807, 2.05) is 0 Å². The molecule has 1 rings (SSSR count). The van der Waals surface area contributed by atoms with E-state index in [1.54, 1.807) is 28.7 Å². The number of hydrogen-bond donors (Lipinski definition) is 4. The van der Waals surface area contributed by atoms with Crippen LogP contribution in [0.5, 0.6) is 5.75 Å². The second-order valence-corrected chi connectivity index (χ2v) is 3.51. The molecule has 1 aromatic rings. The minimum atomic E-state index is -2.17. The molecule has 0 saturated carbocycles. The monoisotopic (exact) mass is 352 g/mol. The van der Waals surface area contributed by atoms with Crippen LogP contribution in [0.25, 0.3) is 0 Å². The van der Waals surface area contributed by atoms with Crippen LogP contribution in [0.1, 0.15) is 10.4 Å². The van der Waals surface area contributed by atoms with E-state index < -0.39 is 13.3 Å². The van der Waals surface area contributed by atoms with Crippen molar-refractivity contribution in [3.05, 3.63) is 27.3 Å². The van der Waals surface area contributed by atoms with Gasteiger partial charge in [-0.1, -0.05) is 6.07 Å². The van der Waals surface area contributed by atoms with E-state index in [9.17, 15) is 9.32 Å². The molecule has 0 aliphatic carbocycles. The van der Waals surface area contributed by atoms with Crippen LogP contribution in [0.3, 0.4) is 0 Å². The van der Waals surface area contributed by atoms with Gasteiger partial charge in [-0.15, -0.1) is 0 Å². The molecule has 0 aliphatic rings. The van der Waals surface area contributed by atoms with Crippen molar-refractivity contribution in [2.45, 2.75) is 0 Å². The Morgan fingerprint density at radius 3 is 2.12 bits per heavy atom. The van der Waals surface area contributed by atoms with E-state index in [4.69, 9.17) is 20.2 Å². The second kappa shape index (κ2) is 9.69. The van der Waals surface area contributed by atoms with Crippen molar-refractivity contribution in [2.75, 3.05) is 0 Å². The predicted molar refractivity (Wildman–Crippen MR) is 67.4 cm³/mol. The third-order valence-electron chi connectivity index (χ3n) is 1.27.